The van der Waals surface area contributed by atoms with Crippen molar-refractivity contribution in [3.63, 3.8) is 0 Å². The van der Waals surface area contributed by atoms with E-state index in [2.05, 4.69) is 24.3 Å². The van der Waals surface area contributed by atoms with E-state index in [1.165, 1.54) is 38.5 Å². The van der Waals surface area contributed by atoms with Crippen LogP contribution in [0.5, 0.6) is 0 Å². The van der Waals surface area contributed by atoms with Gasteiger partial charge in [0.15, 0.2) is 0 Å². The molecule has 1 unspecified atom stereocenters. The summed E-state index contributed by atoms with van der Waals surface area (Å²) in [4.78, 5) is 22.6. The molecule has 0 amide bonds. The minimum atomic E-state index is -0.814. The van der Waals surface area contributed by atoms with E-state index in [0.29, 0.717) is 6.42 Å². The molecule has 21 heavy (non-hydrogen) atoms. The summed E-state index contributed by atoms with van der Waals surface area (Å²) in [5, 5.41) is 0. The number of esters is 2. The van der Waals surface area contributed by atoms with Crippen molar-refractivity contribution in [2.45, 2.75) is 77.2 Å². The van der Waals surface area contributed by atoms with Gasteiger partial charge < -0.3 is 11.9 Å². The van der Waals surface area contributed by atoms with Crippen LogP contribution < -0.4 is 35.3 Å². The minimum absolute atomic E-state index is 0. The molecule has 0 rings (SSSR count). The van der Waals surface area contributed by atoms with E-state index < -0.39 is 18.0 Å². The summed E-state index contributed by atoms with van der Waals surface area (Å²) >= 11 is 3.88. The quantitative estimate of drug-likeness (QED) is 0.178. The molecule has 120 valence electrons. The van der Waals surface area contributed by atoms with E-state index >= 15 is 0 Å². The van der Waals surface area contributed by atoms with Gasteiger partial charge in [-0.25, -0.2) is 4.79 Å². The SMILES string of the molecule is CCCCCCCCCCCC(=O)OC(=O)C(N)CS.[H-].[Na+]. The second-order valence-electron chi connectivity index (χ2n) is 5.16. The van der Waals surface area contributed by atoms with Gasteiger partial charge >= 0.3 is 41.5 Å². The number of unbranched alkanes of at least 4 members (excludes halogenated alkanes) is 8. The molecule has 0 aromatic heterocycles. The third-order valence-corrected chi connectivity index (χ3v) is 3.59. The fourth-order valence-electron chi connectivity index (χ4n) is 1.89. The first-order valence-electron chi connectivity index (χ1n) is 7.72. The van der Waals surface area contributed by atoms with E-state index in [1.807, 2.05) is 0 Å². The molecule has 2 N–H and O–H groups in total. The van der Waals surface area contributed by atoms with E-state index in [-0.39, 0.29) is 36.7 Å². The van der Waals surface area contributed by atoms with E-state index in [1.54, 1.807) is 0 Å². The average molecular weight is 327 g/mol. The van der Waals surface area contributed by atoms with Crippen molar-refractivity contribution in [1.82, 2.24) is 0 Å². The molecule has 0 bridgehead atoms. The van der Waals surface area contributed by atoms with Crippen LogP contribution in [0.1, 0.15) is 72.6 Å². The van der Waals surface area contributed by atoms with Gasteiger partial charge in [-0.15, -0.1) is 0 Å². The van der Waals surface area contributed by atoms with Crippen LogP contribution in [0.3, 0.4) is 0 Å². The molecule has 1 atom stereocenters. The van der Waals surface area contributed by atoms with E-state index in [4.69, 9.17) is 5.73 Å². The van der Waals surface area contributed by atoms with Crippen LogP contribution in [0, 0.1) is 0 Å². The Labute approximate surface area is 158 Å². The number of hydrogen-bond donors (Lipinski definition) is 2. The molecule has 4 nitrogen and oxygen atoms in total. The average Bonchev–Trinajstić information content (AvgIpc) is 2.44. The Balaban J connectivity index is -0.00000180. The number of carbonyl (C=O) groups is 2. The zero-order valence-electron chi connectivity index (χ0n) is 14.6. The largest absolute Gasteiger partial charge is 1.00 e. The molecule has 0 aromatic carbocycles. The monoisotopic (exact) mass is 327 g/mol. The predicted molar refractivity (Wildman–Crippen MR) is 85.9 cm³/mol. The summed E-state index contributed by atoms with van der Waals surface area (Å²) in [6, 6.07) is -0.814. The van der Waals surface area contributed by atoms with Crippen LogP contribution in [-0.4, -0.2) is 23.7 Å². The number of carbonyl (C=O) groups excluding carboxylic acids is 2. The fraction of sp³-hybridized carbons (Fsp3) is 0.867. The van der Waals surface area contributed by atoms with Crippen LogP contribution in [0.2, 0.25) is 0 Å². The number of rotatable bonds is 12. The molecule has 0 spiro atoms. The Morgan fingerprint density at radius 3 is 2.00 bits per heavy atom. The topological polar surface area (TPSA) is 69.4 Å². The molecule has 0 saturated carbocycles. The molecule has 0 aromatic rings. The fourth-order valence-corrected chi connectivity index (χ4v) is 2.04. The molecular formula is C15H30NNaO3S. The number of nitrogens with two attached hydrogens (primary N) is 1. The first kappa shape index (κ1) is 23.7. The third kappa shape index (κ3) is 15.1. The predicted octanol–water partition coefficient (Wildman–Crippen LogP) is 0.351. The van der Waals surface area contributed by atoms with Crippen molar-refractivity contribution < 1.29 is 45.3 Å². The number of hydrogen-bond acceptors (Lipinski definition) is 5. The minimum Gasteiger partial charge on any atom is -1.00 e. The summed E-state index contributed by atoms with van der Waals surface area (Å²) in [6.07, 6.45) is 11.0. The Hall–Kier alpha value is 0.450. The van der Waals surface area contributed by atoms with Gasteiger partial charge in [-0.2, -0.15) is 12.6 Å². The molecular weight excluding hydrogens is 297 g/mol. The molecule has 0 saturated heterocycles. The third-order valence-electron chi connectivity index (χ3n) is 3.20. The normalized spacial score (nSPS) is 11.6. The Morgan fingerprint density at radius 1 is 1.05 bits per heavy atom. The molecule has 0 radical (unpaired) electrons. The molecule has 6 heteroatoms. The first-order chi connectivity index (χ1) is 9.61. The van der Waals surface area contributed by atoms with Crippen molar-refractivity contribution in [2.75, 3.05) is 5.75 Å². The van der Waals surface area contributed by atoms with Crippen LogP contribution in [-0.2, 0) is 14.3 Å². The van der Waals surface area contributed by atoms with E-state index in [0.717, 1.165) is 19.3 Å². The van der Waals surface area contributed by atoms with Gasteiger partial charge in [0, 0.05) is 12.2 Å². The molecule has 0 aliphatic carbocycles. The molecule has 0 aliphatic rings. The Kier molecular flexibility index (Phi) is 19.0. The summed E-state index contributed by atoms with van der Waals surface area (Å²) in [5.41, 5.74) is 5.41. The van der Waals surface area contributed by atoms with E-state index in [9.17, 15) is 9.59 Å². The standard InChI is InChI=1S/C15H29NO3S.Na.H/c1-2-3-4-5-6-7-8-9-10-11-14(17)19-15(18)13(16)12-20;;/h13,20H,2-12,16H2,1H3;;/q;+1;-1. The number of thiol groups is 1. The van der Waals surface area contributed by atoms with Crippen LogP contribution in [0.25, 0.3) is 0 Å². The van der Waals surface area contributed by atoms with Crippen LogP contribution >= 0.6 is 12.6 Å². The summed E-state index contributed by atoms with van der Waals surface area (Å²) in [7, 11) is 0. The van der Waals surface area contributed by atoms with Gasteiger partial charge in [0.2, 0.25) is 0 Å². The maximum atomic E-state index is 11.4. The van der Waals surface area contributed by atoms with Crippen molar-refractivity contribution in [1.29, 1.82) is 0 Å². The van der Waals surface area contributed by atoms with Gasteiger partial charge in [0.05, 0.1) is 0 Å². The zero-order valence-corrected chi connectivity index (χ0v) is 16.5. The van der Waals surface area contributed by atoms with Crippen molar-refractivity contribution in [2.24, 2.45) is 5.73 Å². The number of ether oxygens (including phenoxy) is 1. The Morgan fingerprint density at radius 2 is 1.52 bits per heavy atom. The second-order valence-corrected chi connectivity index (χ2v) is 5.53. The van der Waals surface area contributed by atoms with Crippen LogP contribution in [0.15, 0.2) is 0 Å². The van der Waals surface area contributed by atoms with Crippen molar-refractivity contribution in [3.05, 3.63) is 0 Å². The second kappa shape index (κ2) is 16.8. The van der Waals surface area contributed by atoms with Crippen molar-refractivity contribution >= 4 is 24.6 Å². The van der Waals surface area contributed by atoms with Gasteiger partial charge in [-0.3, -0.25) is 4.79 Å². The summed E-state index contributed by atoms with van der Waals surface area (Å²) in [5.74, 6) is -0.972. The smallest absolute Gasteiger partial charge is 1.00 e. The molecule has 0 heterocycles. The maximum Gasteiger partial charge on any atom is 1.00 e. The van der Waals surface area contributed by atoms with Gasteiger partial charge in [-0.05, 0) is 6.42 Å². The molecule has 0 aliphatic heterocycles. The summed E-state index contributed by atoms with van der Waals surface area (Å²) in [6.45, 7) is 2.22. The summed E-state index contributed by atoms with van der Waals surface area (Å²) < 4.78 is 4.62. The van der Waals surface area contributed by atoms with Gasteiger partial charge in [-0.1, -0.05) is 58.3 Å². The van der Waals surface area contributed by atoms with Crippen molar-refractivity contribution in [3.8, 4) is 0 Å². The Bertz CT molecular complexity index is 284. The first-order valence-corrected chi connectivity index (χ1v) is 8.36. The molecule has 0 fully saturated rings. The maximum absolute atomic E-state index is 11.4. The zero-order chi connectivity index (χ0) is 15.2. The van der Waals surface area contributed by atoms with Crippen LogP contribution in [0.4, 0.5) is 0 Å². The van der Waals surface area contributed by atoms with Gasteiger partial charge in [0.1, 0.15) is 6.04 Å². The van der Waals surface area contributed by atoms with Gasteiger partial charge in [0.25, 0.3) is 0 Å².